The molecule has 0 unspecified atom stereocenters. The van der Waals surface area contributed by atoms with Gasteiger partial charge in [-0.25, -0.2) is 0 Å². The van der Waals surface area contributed by atoms with Crippen molar-refractivity contribution in [3.05, 3.63) is 45.0 Å². The molecule has 0 radical (unpaired) electrons. The summed E-state index contributed by atoms with van der Waals surface area (Å²) in [4.78, 5) is 32.9. The highest BCUT2D eigenvalue weighted by atomic mass is 16.6. The Morgan fingerprint density at radius 1 is 1.17 bits per heavy atom. The number of carbonyl (C=O) groups excluding carboxylic acids is 2. The number of benzene rings is 1. The van der Waals surface area contributed by atoms with Crippen LogP contribution in [0.2, 0.25) is 0 Å². The fraction of sp³-hybridized carbons (Fsp3) is 0.167. The quantitative estimate of drug-likeness (QED) is 0.483. The number of nitro benzene ring substituents is 1. The van der Waals surface area contributed by atoms with E-state index >= 15 is 0 Å². The Labute approximate surface area is 102 Å². The lowest BCUT2D eigenvalue weighted by Gasteiger charge is -2.07. The maximum absolute atomic E-state index is 11.5. The van der Waals surface area contributed by atoms with Crippen LogP contribution in [0.15, 0.2) is 18.2 Å². The lowest BCUT2D eigenvalue weighted by molar-refractivity contribution is -0.385. The predicted octanol–water partition coefficient (Wildman–Crippen LogP) is 1.25. The Kier molecular flexibility index (Phi) is 2.70. The van der Waals surface area contributed by atoms with Gasteiger partial charge in [0.25, 0.3) is 17.5 Å². The van der Waals surface area contributed by atoms with Crippen LogP contribution in [0.1, 0.15) is 16.7 Å². The molecule has 0 spiro atoms. The molecule has 92 valence electrons. The molecule has 0 fully saturated rings. The molecule has 0 saturated heterocycles. The van der Waals surface area contributed by atoms with Gasteiger partial charge in [0.2, 0.25) is 0 Å². The molecule has 0 saturated carbocycles. The number of carbonyl (C=O) groups is 2. The number of nitrogens with zero attached hydrogens (tertiary/aromatic N) is 1. The molecule has 6 nitrogen and oxygen atoms in total. The third-order valence-electron chi connectivity index (χ3n) is 2.79. The van der Waals surface area contributed by atoms with Crippen molar-refractivity contribution in [2.45, 2.75) is 13.8 Å². The van der Waals surface area contributed by atoms with E-state index in [2.05, 4.69) is 5.32 Å². The number of nitro groups is 1. The number of rotatable bonds is 2. The zero-order chi connectivity index (χ0) is 13.4. The van der Waals surface area contributed by atoms with Gasteiger partial charge in [-0.3, -0.25) is 25.0 Å². The second kappa shape index (κ2) is 4.06. The molecular formula is C12H10N2O4. The summed E-state index contributed by atoms with van der Waals surface area (Å²) in [6.07, 6.45) is 1.20. The standard InChI is InChI=1S/C12H10N2O4/c1-6-4-10(14(17)18)7(2)3-8(6)9-5-11(15)13-12(9)16/h3-5H,1-2H3,(H,13,15,16). The van der Waals surface area contributed by atoms with Gasteiger partial charge < -0.3 is 0 Å². The maximum atomic E-state index is 11.5. The molecule has 1 aromatic carbocycles. The third-order valence-corrected chi connectivity index (χ3v) is 2.79. The van der Waals surface area contributed by atoms with E-state index in [1.165, 1.54) is 12.1 Å². The SMILES string of the molecule is Cc1cc([N+](=O)[O-])c(C)cc1C1=CC(=O)NC1=O. The zero-order valence-electron chi connectivity index (χ0n) is 9.81. The van der Waals surface area contributed by atoms with Crippen molar-refractivity contribution in [1.82, 2.24) is 5.32 Å². The first-order valence-electron chi connectivity index (χ1n) is 5.23. The molecule has 18 heavy (non-hydrogen) atoms. The number of aryl methyl sites for hydroxylation is 2. The Bertz CT molecular complexity index is 617. The lowest BCUT2D eigenvalue weighted by Crippen LogP contribution is -2.22. The van der Waals surface area contributed by atoms with Crippen LogP contribution in [-0.4, -0.2) is 16.7 Å². The van der Waals surface area contributed by atoms with Crippen LogP contribution in [0.4, 0.5) is 5.69 Å². The minimum atomic E-state index is -0.476. The van der Waals surface area contributed by atoms with Crippen molar-refractivity contribution >= 4 is 23.1 Å². The number of amides is 2. The number of nitrogens with one attached hydrogen (secondary N) is 1. The van der Waals surface area contributed by atoms with E-state index in [1.807, 2.05) is 0 Å². The van der Waals surface area contributed by atoms with Crippen LogP contribution < -0.4 is 5.32 Å². The van der Waals surface area contributed by atoms with Gasteiger partial charge >= 0.3 is 0 Å². The van der Waals surface area contributed by atoms with E-state index in [4.69, 9.17) is 0 Å². The number of hydrogen-bond donors (Lipinski definition) is 1. The summed E-state index contributed by atoms with van der Waals surface area (Å²) in [5.41, 5.74) is 1.83. The first-order chi connectivity index (χ1) is 8.40. The van der Waals surface area contributed by atoms with E-state index < -0.39 is 16.7 Å². The van der Waals surface area contributed by atoms with Gasteiger partial charge in [0.15, 0.2) is 0 Å². The predicted molar refractivity (Wildman–Crippen MR) is 63.7 cm³/mol. The molecule has 0 bridgehead atoms. The normalized spacial score (nSPS) is 14.4. The fourth-order valence-corrected chi connectivity index (χ4v) is 1.90. The van der Waals surface area contributed by atoms with Crippen LogP contribution in [0.3, 0.4) is 0 Å². The van der Waals surface area contributed by atoms with Gasteiger partial charge in [-0.2, -0.15) is 0 Å². The largest absolute Gasteiger partial charge is 0.289 e. The Morgan fingerprint density at radius 3 is 2.33 bits per heavy atom. The minimum absolute atomic E-state index is 0.00146. The van der Waals surface area contributed by atoms with Crippen molar-refractivity contribution in [2.75, 3.05) is 0 Å². The monoisotopic (exact) mass is 246 g/mol. The molecule has 1 aromatic rings. The number of hydrogen-bond acceptors (Lipinski definition) is 4. The van der Waals surface area contributed by atoms with Crippen LogP contribution >= 0.6 is 0 Å². The van der Waals surface area contributed by atoms with Gasteiger partial charge in [0.1, 0.15) is 0 Å². The molecule has 1 aliphatic rings. The molecular weight excluding hydrogens is 236 g/mol. The summed E-state index contributed by atoms with van der Waals surface area (Å²) in [7, 11) is 0. The van der Waals surface area contributed by atoms with Crippen molar-refractivity contribution in [3.63, 3.8) is 0 Å². The Morgan fingerprint density at radius 2 is 1.83 bits per heavy atom. The topological polar surface area (TPSA) is 89.3 Å². The van der Waals surface area contributed by atoms with E-state index in [0.29, 0.717) is 16.7 Å². The molecule has 0 aliphatic carbocycles. The zero-order valence-corrected chi connectivity index (χ0v) is 9.81. The summed E-state index contributed by atoms with van der Waals surface area (Å²) in [6.45, 7) is 3.26. The highest BCUT2D eigenvalue weighted by Crippen LogP contribution is 2.28. The molecule has 6 heteroatoms. The average molecular weight is 246 g/mol. The van der Waals surface area contributed by atoms with Crippen LogP contribution in [-0.2, 0) is 9.59 Å². The van der Waals surface area contributed by atoms with Gasteiger partial charge in [-0.15, -0.1) is 0 Å². The third kappa shape index (κ3) is 1.88. The highest BCUT2D eigenvalue weighted by molar-refractivity contribution is 6.33. The second-order valence-corrected chi connectivity index (χ2v) is 4.09. The molecule has 2 amide bonds. The maximum Gasteiger partial charge on any atom is 0.272 e. The molecule has 2 rings (SSSR count). The van der Waals surface area contributed by atoms with Crippen molar-refractivity contribution in [2.24, 2.45) is 0 Å². The fourth-order valence-electron chi connectivity index (χ4n) is 1.90. The van der Waals surface area contributed by atoms with E-state index in [-0.39, 0.29) is 11.3 Å². The Hall–Kier alpha value is -2.50. The summed E-state index contributed by atoms with van der Waals surface area (Å²) in [5, 5.41) is 12.9. The molecule has 0 aromatic heterocycles. The summed E-state index contributed by atoms with van der Waals surface area (Å²) < 4.78 is 0. The number of imide groups is 1. The van der Waals surface area contributed by atoms with Crippen molar-refractivity contribution in [3.8, 4) is 0 Å². The molecule has 1 N–H and O–H groups in total. The van der Waals surface area contributed by atoms with Crippen molar-refractivity contribution < 1.29 is 14.5 Å². The molecule has 1 heterocycles. The smallest absolute Gasteiger partial charge is 0.272 e. The highest BCUT2D eigenvalue weighted by Gasteiger charge is 2.25. The molecule has 1 aliphatic heterocycles. The Balaban J connectivity index is 2.57. The minimum Gasteiger partial charge on any atom is -0.289 e. The molecule has 0 atom stereocenters. The van der Waals surface area contributed by atoms with Gasteiger partial charge in [0, 0.05) is 17.7 Å². The summed E-state index contributed by atoms with van der Waals surface area (Å²) >= 11 is 0. The van der Waals surface area contributed by atoms with Crippen molar-refractivity contribution in [1.29, 1.82) is 0 Å². The first-order valence-corrected chi connectivity index (χ1v) is 5.23. The van der Waals surface area contributed by atoms with E-state index in [0.717, 1.165) is 0 Å². The van der Waals surface area contributed by atoms with Crippen LogP contribution in [0.5, 0.6) is 0 Å². The second-order valence-electron chi connectivity index (χ2n) is 4.09. The van der Waals surface area contributed by atoms with Crippen LogP contribution in [0.25, 0.3) is 5.57 Å². The van der Waals surface area contributed by atoms with Gasteiger partial charge in [-0.05, 0) is 31.0 Å². The van der Waals surface area contributed by atoms with Gasteiger partial charge in [-0.1, -0.05) is 0 Å². The summed E-state index contributed by atoms with van der Waals surface area (Å²) in [5.74, 6) is -0.943. The van der Waals surface area contributed by atoms with Crippen LogP contribution in [0, 0.1) is 24.0 Å². The first kappa shape index (κ1) is 12.0. The lowest BCUT2D eigenvalue weighted by atomic mass is 9.97. The average Bonchev–Trinajstić information content (AvgIpc) is 2.60. The van der Waals surface area contributed by atoms with E-state index in [1.54, 1.807) is 19.9 Å². The van der Waals surface area contributed by atoms with E-state index in [9.17, 15) is 19.7 Å². The van der Waals surface area contributed by atoms with Gasteiger partial charge in [0.05, 0.1) is 10.5 Å². The summed E-state index contributed by atoms with van der Waals surface area (Å²) in [6, 6.07) is 2.96.